The summed E-state index contributed by atoms with van der Waals surface area (Å²) in [5.74, 6) is 0. The maximum Gasteiger partial charge on any atom is 0.0269 e. The van der Waals surface area contributed by atoms with Gasteiger partial charge in [-0.25, -0.2) is 5.01 Å². The Hall–Kier alpha value is -0.380. The number of nitrogens with zero attached hydrogens (tertiary/aromatic N) is 2. The van der Waals surface area contributed by atoms with Crippen molar-refractivity contribution in [2.45, 2.75) is 59.0 Å². The molecular weight excluding hydrogens is 222 g/mol. The SMILES string of the molecule is CC(C)(C)N1CC=CC1.CC(C)(C)N1CCCN1. The molecule has 1 fully saturated rings. The van der Waals surface area contributed by atoms with Gasteiger partial charge in [-0.1, -0.05) is 12.2 Å². The third-order valence-corrected chi connectivity index (χ3v) is 3.44. The van der Waals surface area contributed by atoms with E-state index >= 15 is 0 Å². The molecule has 2 rings (SSSR count). The summed E-state index contributed by atoms with van der Waals surface area (Å²) in [5, 5.41) is 2.30. The van der Waals surface area contributed by atoms with Gasteiger partial charge >= 0.3 is 0 Å². The molecule has 3 nitrogen and oxygen atoms in total. The number of hydrogen-bond acceptors (Lipinski definition) is 3. The molecule has 0 saturated carbocycles. The molecule has 18 heavy (non-hydrogen) atoms. The third kappa shape index (κ3) is 5.09. The number of nitrogens with one attached hydrogen (secondary N) is 1. The fourth-order valence-electron chi connectivity index (χ4n) is 2.13. The Balaban J connectivity index is 0.000000180. The van der Waals surface area contributed by atoms with Gasteiger partial charge in [-0.05, 0) is 48.0 Å². The average Bonchev–Trinajstić information content (AvgIpc) is 2.91. The van der Waals surface area contributed by atoms with Gasteiger partial charge in [0.25, 0.3) is 0 Å². The first-order valence-electron chi connectivity index (χ1n) is 7.12. The minimum absolute atomic E-state index is 0.302. The Morgan fingerprint density at radius 3 is 1.67 bits per heavy atom. The van der Waals surface area contributed by atoms with Crippen molar-refractivity contribution in [2.24, 2.45) is 0 Å². The van der Waals surface area contributed by atoms with Gasteiger partial charge in [0.2, 0.25) is 0 Å². The first kappa shape index (κ1) is 15.7. The Labute approximate surface area is 113 Å². The second kappa shape index (κ2) is 6.18. The zero-order valence-electron chi connectivity index (χ0n) is 13.1. The molecule has 3 heteroatoms. The van der Waals surface area contributed by atoms with Crippen LogP contribution in [-0.4, -0.2) is 47.2 Å². The first-order valence-corrected chi connectivity index (χ1v) is 7.12. The Morgan fingerprint density at radius 2 is 1.44 bits per heavy atom. The van der Waals surface area contributed by atoms with Gasteiger partial charge in [-0.2, -0.15) is 0 Å². The molecule has 0 aromatic heterocycles. The lowest BCUT2D eigenvalue weighted by Crippen LogP contribution is -2.45. The van der Waals surface area contributed by atoms with Crippen LogP contribution in [0.1, 0.15) is 48.0 Å². The monoisotopic (exact) mass is 253 g/mol. The maximum atomic E-state index is 3.33. The van der Waals surface area contributed by atoms with Crippen LogP contribution in [0.5, 0.6) is 0 Å². The van der Waals surface area contributed by atoms with Crippen molar-refractivity contribution in [3.05, 3.63) is 12.2 Å². The quantitative estimate of drug-likeness (QED) is 0.670. The summed E-state index contributed by atoms with van der Waals surface area (Å²) < 4.78 is 0. The molecule has 1 N–H and O–H groups in total. The zero-order chi connectivity index (χ0) is 13.8. The van der Waals surface area contributed by atoms with Crippen LogP contribution in [0.15, 0.2) is 12.2 Å². The van der Waals surface area contributed by atoms with Crippen molar-refractivity contribution >= 4 is 0 Å². The van der Waals surface area contributed by atoms with E-state index in [1.165, 1.54) is 13.0 Å². The minimum Gasteiger partial charge on any atom is -0.291 e. The molecule has 1 saturated heterocycles. The lowest BCUT2D eigenvalue weighted by atomic mass is 10.1. The highest BCUT2D eigenvalue weighted by Gasteiger charge is 2.23. The summed E-state index contributed by atoms with van der Waals surface area (Å²) in [6.07, 6.45) is 5.74. The fourth-order valence-corrected chi connectivity index (χ4v) is 2.13. The van der Waals surface area contributed by atoms with Gasteiger partial charge < -0.3 is 0 Å². The molecule has 106 valence electrons. The second-order valence-electron chi connectivity index (χ2n) is 7.13. The standard InChI is InChI=1S/C8H15N.C7H16N2/c1-8(2,3)9-6-4-5-7-9;1-7(2,3)9-6-4-5-8-9/h4-5H,6-7H2,1-3H3;8H,4-6H2,1-3H3. The number of hydrogen-bond donors (Lipinski definition) is 1. The van der Waals surface area contributed by atoms with Gasteiger partial charge in [-0.15, -0.1) is 0 Å². The van der Waals surface area contributed by atoms with E-state index in [4.69, 9.17) is 0 Å². The van der Waals surface area contributed by atoms with Crippen molar-refractivity contribution in [2.75, 3.05) is 26.2 Å². The summed E-state index contributed by atoms with van der Waals surface area (Å²) in [7, 11) is 0. The highest BCUT2D eigenvalue weighted by molar-refractivity contribution is 4.99. The molecule has 0 unspecified atom stereocenters. The smallest absolute Gasteiger partial charge is 0.0269 e. The van der Waals surface area contributed by atoms with Crippen LogP contribution in [-0.2, 0) is 0 Å². The molecule has 2 aliphatic heterocycles. The summed E-state index contributed by atoms with van der Waals surface area (Å²) in [6.45, 7) is 18.0. The Morgan fingerprint density at radius 1 is 0.889 bits per heavy atom. The van der Waals surface area contributed by atoms with Crippen LogP contribution in [0.25, 0.3) is 0 Å². The van der Waals surface area contributed by atoms with E-state index < -0.39 is 0 Å². The van der Waals surface area contributed by atoms with Crippen molar-refractivity contribution < 1.29 is 0 Å². The van der Waals surface area contributed by atoms with Crippen LogP contribution in [0.2, 0.25) is 0 Å². The van der Waals surface area contributed by atoms with Crippen molar-refractivity contribution in [3.8, 4) is 0 Å². The minimum atomic E-state index is 0.302. The first-order chi connectivity index (χ1) is 8.21. The van der Waals surface area contributed by atoms with Gasteiger partial charge in [0.05, 0.1) is 0 Å². The lowest BCUT2D eigenvalue weighted by Gasteiger charge is -2.31. The molecule has 2 aliphatic rings. The largest absolute Gasteiger partial charge is 0.291 e. The zero-order valence-corrected chi connectivity index (χ0v) is 13.1. The average molecular weight is 253 g/mol. The molecule has 0 spiro atoms. The topological polar surface area (TPSA) is 18.5 Å². The molecule has 0 amide bonds. The third-order valence-electron chi connectivity index (χ3n) is 3.44. The van der Waals surface area contributed by atoms with Crippen molar-refractivity contribution in [1.82, 2.24) is 15.3 Å². The Kier molecular flexibility index (Phi) is 5.38. The van der Waals surface area contributed by atoms with Gasteiger partial charge in [-0.3, -0.25) is 10.3 Å². The summed E-state index contributed by atoms with van der Waals surface area (Å²) >= 11 is 0. The fraction of sp³-hybridized carbons (Fsp3) is 0.867. The summed E-state index contributed by atoms with van der Waals surface area (Å²) in [6, 6.07) is 0. The highest BCUT2D eigenvalue weighted by atomic mass is 15.5. The van der Waals surface area contributed by atoms with E-state index in [0.29, 0.717) is 11.1 Å². The maximum absolute atomic E-state index is 3.33. The van der Waals surface area contributed by atoms with Crippen LogP contribution in [0, 0.1) is 0 Å². The second-order valence-corrected chi connectivity index (χ2v) is 7.13. The van der Waals surface area contributed by atoms with E-state index in [1.54, 1.807) is 0 Å². The number of rotatable bonds is 0. The predicted molar refractivity (Wildman–Crippen MR) is 79.5 cm³/mol. The highest BCUT2D eigenvalue weighted by Crippen LogP contribution is 2.15. The van der Waals surface area contributed by atoms with E-state index in [9.17, 15) is 0 Å². The van der Waals surface area contributed by atoms with E-state index in [2.05, 4.69) is 69.0 Å². The normalized spacial score (nSPS) is 22.1. The van der Waals surface area contributed by atoms with Crippen molar-refractivity contribution in [1.29, 1.82) is 0 Å². The van der Waals surface area contributed by atoms with Crippen LogP contribution < -0.4 is 5.43 Å². The molecule has 0 bridgehead atoms. The molecule has 2 heterocycles. The molecule has 0 radical (unpaired) electrons. The van der Waals surface area contributed by atoms with Crippen LogP contribution >= 0.6 is 0 Å². The van der Waals surface area contributed by atoms with E-state index in [1.807, 2.05) is 0 Å². The molecular formula is C15H31N3. The molecule has 0 aliphatic carbocycles. The molecule has 0 atom stereocenters. The predicted octanol–water partition coefficient (Wildman–Crippen LogP) is 2.65. The van der Waals surface area contributed by atoms with E-state index in [0.717, 1.165) is 19.6 Å². The van der Waals surface area contributed by atoms with Crippen molar-refractivity contribution in [3.63, 3.8) is 0 Å². The summed E-state index contributed by atoms with van der Waals surface area (Å²) in [4.78, 5) is 2.44. The molecule has 0 aromatic rings. The lowest BCUT2D eigenvalue weighted by molar-refractivity contribution is 0.116. The number of hydrazine groups is 1. The van der Waals surface area contributed by atoms with Crippen LogP contribution in [0.4, 0.5) is 0 Å². The van der Waals surface area contributed by atoms with Gasteiger partial charge in [0.15, 0.2) is 0 Å². The summed E-state index contributed by atoms with van der Waals surface area (Å²) in [5.41, 5.74) is 3.98. The van der Waals surface area contributed by atoms with Gasteiger partial charge in [0, 0.05) is 37.3 Å². The molecule has 0 aromatic carbocycles. The van der Waals surface area contributed by atoms with Gasteiger partial charge in [0.1, 0.15) is 0 Å². The van der Waals surface area contributed by atoms with E-state index in [-0.39, 0.29) is 0 Å². The van der Waals surface area contributed by atoms with Crippen LogP contribution in [0.3, 0.4) is 0 Å². The Bertz CT molecular complexity index is 244.